The minimum atomic E-state index is -0.648. The number of aromatic amines is 1. The maximum absolute atomic E-state index is 14.6. The molecular weight excluding hydrogens is 458 g/mol. The predicted octanol–water partition coefficient (Wildman–Crippen LogP) is 3.64. The van der Waals surface area contributed by atoms with E-state index in [-0.39, 0.29) is 29.9 Å². The molecule has 0 radical (unpaired) electrons. The highest BCUT2D eigenvalue weighted by molar-refractivity contribution is 5.63. The molecule has 11 nitrogen and oxygen atoms in total. The standard InChI is InChI=1S/C22H20F2N10O/c1-12(2)19(22-28-32-33-29-22)26-20-15(24)10-25-21(27-20)17-9-18(16-7-8-35-31-16)34(30-17)11-13-5-3-4-6-14(13)23/h3-10,12,19H,11H2,1-2H3,(H,25,26,27)(H,28,29,32,33)/t19-/m1/s1. The molecule has 1 atom stereocenters. The number of aromatic nitrogens is 9. The molecule has 0 spiro atoms. The molecule has 0 aliphatic heterocycles. The topological polar surface area (TPSA) is 136 Å². The van der Waals surface area contributed by atoms with Crippen LogP contribution in [0, 0.1) is 17.6 Å². The Kier molecular flexibility index (Phi) is 5.95. The van der Waals surface area contributed by atoms with Crippen molar-refractivity contribution in [3.8, 4) is 22.9 Å². The predicted molar refractivity (Wildman–Crippen MR) is 120 cm³/mol. The number of nitrogens with one attached hydrogen (secondary N) is 2. The molecule has 0 saturated carbocycles. The van der Waals surface area contributed by atoms with E-state index in [0.717, 1.165) is 6.20 Å². The Morgan fingerprint density at radius 1 is 1.11 bits per heavy atom. The number of hydrogen-bond donors (Lipinski definition) is 2. The Morgan fingerprint density at radius 2 is 1.97 bits per heavy atom. The van der Waals surface area contributed by atoms with Crippen molar-refractivity contribution in [3.63, 3.8) is 0 Å². The summed E-state index contributed by atoms with van der Waals surface area (Å²) in [5.41, 5.74) is 1.85. The highest BCUT2D eigenvalue weighted by atomic mass is 19.1. The van der Waals surface area contributed by atoms with Crippen molar-refractivity contribution >= 4 is 5.82 Å². The van der Waals surface area contributed by atoms with E-state index in [9.17, 15) is 8.78 Å². The number of rotatable bonds is 8. The Morgan fingerprint density at radius 3 is 2.69 bits per heavy atom. The highest BCUT2D eigenvalue weighted by Gasteiger charge is 2.23. The second-order valence-electron chi connectivity index (χ2n) is 8.07. The van der Waals surface area contributed by atoms with E-state index in [4.69, 9.17) is 4.52 Å². The maximum atomic E-state index is 14.6. The first-order chi connectivity index (χ1) is 17.0. The molecule has 13 heteroatoms. The Balaban J connectivity index is 1.52. The lowest BCUT2D eigenvalue weighted by atomic mass is 10.0. The van der Waals surface area contributed by atoms with Crippen molar-refractivity contribution in [2.24, 2.45) is 5.92 Å². The lowest BCUT2D eigenvalue weighted by molar-refractivity contribution is 0.421. The van der Waals surface area contributed by atoms with Gasteiger partial charge in [0.15, 0.2) is 23.3 Å². The summed E-state index contributed by atoms with van der Waals surface area (Å²) in [5, 5.41) is 25.5. The minimum Gasteiger partial charge on any atom is -0.364 e. The number of halogens is 2. The van der Waals surface area contributed by atoms with Gasteiger partial charge in [0.25, 0.3) is 0 Å². The van der Waals surface area contributed by atoms with Crippen LogP contribution in [0.15, 0.2) is 53.4 Å². The second kappa shape index (κ2) is 9.37. The van der Waals surface area contributed by atoms with Gasteiger partial charge in [-0.05, 0) is 18.1 Å². The summed E-state index contributed by atoms with van der Waals surface area (Å²) in [6.07, 6.45) is 2.49. The molecule has 5 aromatic rings. The lowest BCUT2D eigenvalue weighted by Crippen LogP contribution is -2.20. The van der Waals surface area contributed by atoms with E-state index in [1.165, 1.54) is 12.3 Å². The molecule has 4 heterocycles. The number of anilines is 1. The third-order valence-electron chi connectivity index (χ3n) is 5.33. The first kappa shape index (κ1) is 22.3. The van der Waals surface area contributed by atoms with Gasteiger partial charge < -0.3 is 9.84 Å². The minimum absolute atomic E-state index is 0.00385. The van der Waals surface area contributed by atoms with E-state index < -0.39 is 11.9 Å². The van der Waals surface area contributed by atoms with Crippen LogP contribution in [0.4, 0.5) is 14.6 Å². The molecule has 0 amide bonds. The van der Waals surface area contributed by atoms with E-state index in [1.54, 1.807) is 35.0 Å². The fourth-order valence-electron chi connectivity index (χ4n) is 3.56. The van der Waals surface area contributed by atoms with Crippen LogP contribution in [0.5, 0.6) is 0 Å². The first-order valence-corrected chi connectivity index (χ1v) is 10.7. The van der Waals surface area contributed by atoms with Gasteiger partial charge >= 0.3 is 0 Å². The summed E-state index contributed by atoms with van der Waals surface area (Å²) in [4.78, 5) is 8.47. The molecule has 5 rings (SSSR count). The quantitative estimate of drug-likeness (QED) is 0.342. The number of benzene rings is 1. The van der Waals surface area contributed by atoms with E-state index in [2.05, 4.69) is 46.2 Å². The van der Waals surface area contributed by atoms with Gasteiger partial charge in [-0.3, -0.25) is 4.68 Å². The Hall–Kier alpha value is -4.55. The molecule has 4 aromatic heterocycles. The monoisotopic (exact) mass is 478 g/mol. The molecule has 35 heavy (non-hydrogen) atoms. The number of H-pyrrole nitrogens is 1. The molecule has 0 saturated heterocycles. The van der Waals surface area contributed by atoms with Crippen LogP contribution in [-0.4, -0.2) is 45.5 Å². The van der Waals surface area contributed by atoms with Gasteiger partial charge in [0.05, 0.1) is 24.5 Å². The van der Waals surface area contributed by atoms with E-state index in [0.29, 0.717) is 28.5 Å². The van der Waals surface area contributed by atoms with Crippen LogP contribution >= 0.6 is 0 Å². The van der Waals surface area contributed by atoms with Crippen molar-refractivity contribution in [3.05, 3.63) is 71.9 Å². The van der Waals surface area contributed by atoms with Crippen LogP contribution in [0.2, 0.25) is 0 Å². The van der Waals surface area contributed by atoms with Crippen molar-refractivity contribution < 1.29 is 13.3 Å². The summed E-state index contributed by atoms with van der Waals surface area (Å²) in [6.45, 7) is 4.00. The zero-order valence-corrected chi connectivity index (χ0v) is 18.7. The molecule has 2 N–H and O–H groups in total. The van der Waals surface area contributed by atoms with Crippen molar-refractivity contribution in [1.29, 1.82) is 0 Å². The maximum Gasteiger partial charge on any atom is 0.196 e. The fraction of sp³-hybridized carbons (Fsp3) is 0.227. The zero-order chi connectivity index (χ0) is 24.4. The average Bonchev–Trinajstić information content (AvgIpc) is 3.62. The van der Waals surface area contributed by atoms with Crippen molar-refractivity contribution in [1.82, 2.24) is 45.5 Å². The van der Waals surface area contributed by atoms with Gasteiger partial charge in [-0.1, -0.05) is 42.4 Å². The summed E-state index contributed by atoms with van der Waals surface area (Å²) >= 11 is 0. The third-order valence-corrected chi connectivity index (χ3v) is 5.33. The molecule has 0 aliphatic rings. The third kappa shape index (κ3) is 4.60. The Bertz CT molecular complexity index is 1420. The number of hydrogen-bond acceptors (Lipinski definition) is 9. The molecular formula is C22H20F2N10O. The second-order valence-corrected chi connectivity index (χ2v) is 8.07. The largest absolute Gasteiger partial charge is 0.364 e. The van der Waals surface area contributed by atoms with Gasteiger partial charge in [-0.25, -0.2) is 18.7 Å². The van der Waals surface area contributed by atoms with Crippen LogP contribution in [0.1, 0.15) is 31.3 Å². The van der Waals surface area contributed by atoms with Crippen LogP contribution in [-0.2, 0) is 6.54 Å². The van der Waals surface area contributed by atoms with Gasteiger partial charge in [-0.15, -0.1) is 10.2 Å². The Labute approximate surface area is 197 Å². The SMILES string of the molecule is CC(C)[C@@H](Nc1nc(-c2cc(-c3ccon3)n(Cc3ccccc3F)n2)ncc1F)c1nn[nH]n1. The normalized spacial score (nSPS) is 12.3. The van der Waals surface area contributed by atoms with Gasteiger partial charge in [0, 0.05) is 11.6 Å². The smallest absolute Gasteiger partial charge is 0.196 e. The molecule has 0 bridgehead atoms. The van der Waals surface area contributed by atoms with Gasteiger partial charge in [0.2, 0.25) is 0 Å². The average molecular weight is 478 g/mol. The molecule has 0 unspecified atom stereocenters. The molecule has 0 aliphatic carbocycles. The van der Waals surface area contributed by atoms with Crippen LogP contribution in [0.25, 0.3) is 22.9 Å². The van der Waals surface area contributed by atoms with Crippen molar-refractivity contribution in [2.45, 2.75) is 26.4 Å². The van der Waals surface area contributed by atoms with Gasteiger partial charge in [0.1, 0.15) is 23.5 Å². The summed E-state index contributed by atoms with van der Waals surface area (Å²) in [7, 11) is 0. The van der Waals surface area contributed by atoms with Crippen LogP contribution < -0.4 is 5.32 Å². The van der Waals surface area contributed by atoms with Crippen molar-refractivity contribution in [2.75, 3.05) is 5.32 Å². The first-order valence-electron chi connectivity index (χ1n) is 10.7. The summed E-state index contributed by atoms with van der Waals surface area (Å²) < 4.78 is 35.5. The highest BCUT2D eigenvalue weighted by Crippen LogP contribution is 2.28. The number of nitrogens with zero attached hydrogens (tertiary/aromatic N) is 8. The molecule has 1 aromatic carbocycles. The van der Waals surface area contributed by atoms with Gasteiger partial charge in [-0.2, -0.15) is 10.3 Å². The summed E-state index contributed by atoms with van der Waals surface area (Å²) in [5.74, 6) is -0.496. The lowest BCUT2D eigenvalue weighted by Gasteiger charge is -2.19. The van der Waals surface area contributed by atoms with E-state index >= 15 is 0 Å². The fourth-order valence-corrected chi connectivity index (χ4v) is 3.56. The molecule has 0 fully saturated rings. The van der Waals surface area contributed by atoms with Crippen LogP contribution in [0.3, 0.4) is 0 Å². The number of tetrazole rings is 1. The summed E-state index contributed by atoms with van der Waals surface area (Å²) in [6, 6.07) is 9.31. The van der Waals surface area contributed by atoms with E-state index in [1.807, 2.05) is 13.8 Å². The zero-order valence-electron chi connectivity index (χ0n) is 18.7. The molecule has 178 valence electrons.